The van der Waals surface area contributed by atoms with Gasteiger partial charge in [0.2, 0.25) is 0 Å². The van der Waals surface area contributed by atoms with Crippen LogP contribution in [0.15, 0.2) is 42.5 Å². The molecule has 0 radical (unpaired) electrons. The number of carbonyl (C=O) groups is 2. The molecule has 1 atom stereocenters. The Labute approximate surface area is 195 Å². The van der Waals surface area contributed by atoms with Crippen molar-refractivity contribution in [2.45, 2.75) is 86.5 Å². The number of alkyl carbamates (subject to hydrolysis) is 1. The lowest BCUT2D eigenvalue weighted by atomic mass is 9.83. The second-order valence-corrected chi connectivity index (χ2v) is 9.11. The average molecular weight is 449 g/mol. The highest BCUT2D eigenvalue weighted by molar-refractivity contribution is 5.69. The van der Waals surface area contributed by atoms with Crippen LogP contribution in [0.1, 0.15) is 73.3 Å². The Hall–Kier alpha value is -2.34. The molecule has 1 aromatic carbocycles. The summed E-state index contributed by atoms with van der Waals surface area (Å²) in [6.07, 6.45) is 2.09. The zero-order valence-corrected chi connectivity index (χ0v) is 21.1. The Bertz CT molecular complexity index is 672. The van der Waals surface area contributed by atoms with Gasteiger partial charge in [0.15, 0.2) is 0 Å². The van der Waals surface area contributed by atoms with E-state index in [1.165, 1.54) is 0 Å². The third kappa shape index (κ3) is 16.4. The molecule has 0 fully saturated rings. The molecule has 1 rings (SSSR count). The number of esters is 1. The summed E-state index contributed by atoms with van der Waals surface area (Å²) >= 11 is 0. The Balaban J connectivity index is 0.00000102. The summed E-state index contributed by atoms with van der Waals surface area (Å²) in [6.45, 7) is 19.7. The van der Waals surface area contributed by atoms with Crippen molar-refractivity contribution in [3.63, 3.8) is 0 Å². The molecule has 1 aromatic rings. The molecule has 0 saturated carbocycles. The zero-order chi connectivity index (χ0) is 24.6. The molecule has 6 heteroatoms. The van der Waals surface area contributed by atoms with Crippen LogP contribution in [0.5, 0.6) is 0 Å². The second kappa shape index (κ2) is 16.3. The summed E-state index contributed by atoms with van der Waals surface area (Å²) < 4.78 is 10.1. The van der Waals surface area contributed by atoms with E-state index in [9.17, 15) is 9.59 Å². The van der Waals surface area contributed by atoms with Crippen LogP contribution in [0.3, 0.4) is 0 Å². The first-order chi connectivity index (χ1) is 15.0. The van der Waals surface area contributed by atoms with Crippen molar-refractivity contribution in [2.24, 2.45) is 5.41 Å². The number of hydrogen-bond donors (Lipinski definition) is 2. The SMILES string of the molecule is C=C(C)CNC[C@H](CC(C)(C)CC)NC(=O)OCc1ccccc1.CCC(=O)OC(C)C. The van der Waals surface area contributed by atoms with E-state index in [0.717, 1.165) is 30.5 Å². The second-order valence-electron chi connectivity index (χ2n) is 9.11. The minimum atomic E-state index is -0.368. The van der Waals surface area contributed by atoms with Gasteiger partial charge in [0.05, 0.1) is 6.10 Å². The Morgan fingerprint density at radius 1 is 1.12 bits per heavy atom. The van der Waals surface area contributed by atoms with Crippen molar-refractivity contribution in [1.29, 1.82) is 0 Å². The van der Waals surface area contributed by atoms with E-state index in [2.05, 4.69) is 38.0 Å². The number of nitrogens with one attached hydrogen (secondary N) is 2. The lowest BCUT2D eigenvalue weighted by Crippen LogP contribution is -2.44. The van der Waals surface area contributed by atoms with Crippen LogP contribution < -0.4 is 10.6 Å². The molecule has 0 spiro atoms. The largest absolute Gasteiger partial charge is 0.463 e. The molecular formula is C26H44N2O4. The van der Waals surface area contributed by atoms with E-state index < -0.39 is 0 Å². The molecule has 0 aliphatic rings. The number of hydrogen-bond acceptors (Lipinski definition) is 5. The number of carbonyl (C=O) groups excluding carboxylic acids is 2. The fourth-order valence-corrected chi connectivity index (χ4v) is 2.72. The third-order valence-electron chi connectivity index (χ3n) is 4.76. The molecule has 0 heterocycles. The third-order valence-corrected chi connectivity index (χ3v) is 4.76. The smallest absolute Gasteiger partial charge is 0.407 e. The van der Waals surface area contributed by atoms with Crippen molar-refractivity contribution in [3.05, 3.63) is 48.0 Å². The predicted octanol–water partition coefficient (Wildman–Crippen LogP) is 5.62. The van der Waals surface area contributed by atoms with Gasteiger partial charge in [0, 0.05) is 25.6 Å². The quantitative estimate of drug-likeness (QED) is 0.320. The first-order valence-corrected chi connectivity index (χ1v) is 11.5. The molecule has 0 saturated heterocycles. The van der Waals surface area contributed by atoms with Crippen molar-refractivity contribution in [3.8, 4) is 0 Å². The highest BCUT2D eigenvalue weighted by atomic mass is 16.5. The van der Waals surface area contributed by atoms with Gasteiger partial charge in [0.1, 0.15) is 6.61 Å². The fourth-order valence-electron chi connectivity index (χ4n) is 2.72. The summed E-state index contributed by atoms with van der Waals surface area (Å²) in [6, 6.07) is 9.73. The fraction of sp³-hybridized carbons (Fsp3) is 0.615. The molecule has 2 N–H and O–H groups in total. The molecule has 0 aliphatic heterocycles. The highest BCUT2D eigenvalue weighted by Gasteiger charge is 2.23. The van der Waals surface area contributed by atoms with Gasteiger partial charge in [-0.1, -0.05) is 76.6 Å². The first-order valence-electron chi connectivity index (χ1n) is 11.5. The van der Waals surface area contributed by atoms with Crippen LogP contribution in [0.2, 0.25) is 0 Å². The van der Waals surface area contributed by atoms with E-state index in [4.69, 9.17) is 9.47 Å². The van der Waals surface area contributed by atoms with Gasteiger partial charge in [-0.25, -0.2) is 4.79 Å². The summed E-state index contributed by atoms with van der Waals surface area (Å²) in [4.78, 5) is 22.5. The van der Waals surface area contributed by atoms with Gasteiger partial charge in [-0.05, 0) is 38.2 Å². The van der Waals surface area contributed by atoms with Gasteiger partial charge in [-0.15, -0.1) is 0 Å². The molecule has 6 nitrogen and oxygen atoms in total. The average Bonchev–Trinajstić information content (AvgIpc) is 2.72. The van der Waals surface area contributed by atoms with Crippen LogP contribution in [0.4, 0.5) is 4.79 Å². The summed E-state index contributed by atoms with van der Waals surface area (Å²) in [5.74, 6) is -0.125. The minimum Gasteiger partial charge on any atom is -0.463 e. The maximum Gasteiger partial charge on any atom is 0.407 e. The van der Waals surface area contributed by atoms with E-state index in [1.54, 1.807) is 6.92 Å². The first kappa shape index (κ1) is 29.7. The molecule has 0 bridgehead atoms. The Morgan fingerprint density at radius 2 is 1.75 bits per heavy atom. The molecule has 182 valence electrons. The lowest BCUT2D eigenvalue weighted by Gasteiger charge is -2.29. The van der Waals surface area contributed by atoms with E-state index in [-0.39, 0.29) is 36.2 Å². The maximum absolute atomic E-state index is 12.1. The highest BCUT2D eigenvalue weighted by Crippen LogP contribution is 2.26. The van der Waals surface area contributed by atoms with Crippen molar-refractivity contribution >= 4 is 12.1 Å². The van der Waals surface area contributed by atoms with Gasteiger partial charge in [-0.3, -0.25) is 4.79 Å². The van der Waals surface area contributed by atoms with Gasteiger partial charge >= 0.3 is 12.1 Å². The molecule has 0 aromatic heterocycles. The van der Waals surface area contributed by atoms with Gasteiger partial charge in [0.25, 0.3) is 0 Å². The summed E-state index contributed by atoms with van der Waals surface area (Å²) in [5, 5.41) is 6.34. The van der Waals surface area contributed by atoms with Crippen LogP contribution >= 0.6 is 0 Å². The molecule has 32 heavy (non-hydrogen) atoms. The standard InChI is InChI=1S/C20H32N2O2.C6H12O2/c1-6-20(4,5)12-18(14-21-13-16(2)3)22-19(23)24-15-17-10-8-7-9-11-17;1-4-6(7)8-5(2)3/h7-11,18,21H,2,6,12-15H2,1,3-5H3,(H,22,23);5H,4H2,1-3H3/t18-;/m0./s1. The Morgan fingerprint density at radius 3 is 2.22 bits per heavy atom. The van der Waals surface area contributed by atoms with Crippen LogP contribution in [0, 0.1) is 5.41 Å². The summed E-state index contributed by atoms with van der Waals surface area (Å²) in [7, 11) is 0. The van der Waals surface area contributed by atoms with E-state index >= 15 is 0 Å². The zero-order valence-electron chi connectivity index (χ0n) is 21.1. The number of benzene rings is 1. The Kier molecular flexibility index (Phi) is 15.1. The molecule has 1 amide bonds. The van der Waals surface area contributed by atoms with E-state index in [1.807, 2.05) is 51.1 Å². The monoisotopic (exact) mass is 448 g/mol. The van der Waals surface area contributed by atoms with Crippen molar-refractivity contribution in [1.82, 2.24) is 10.6 Å². The maximum atomic E-state index is 12.1. The van der Waals surface area contributed by atoms with Crippen molar-refractivity contribution in [2.75, 3.05) is 13.1 Å². The van der Waals surface area contributed by atoms with Crippen LogP contribution in [-0.4, -0.2) is 37.3 Å². The number of amides is 1. The van der Waals surface area contributed by atoms with E-state index in [0.29, 0.717) is 13.0 Å². The normalized spacial score (nSPS) is 11.8. The van der Waals surface area contributed by atoms with Crippen LogP contribution in [-0.2, 0) is 20.9 Å². The van der Waals surface area contributed by atoms with Crippen LogP contribution in [0.25, 0.3) is 0 Å². The molecule has 0 aliphatic carbocycles. The minimum absolute atomic E-state index is 0.0300. The number of rotatable bonds is 12. The summed E-state index contributed by atoms with van der Waals surface area (Å²) in [5.41, 5.74) is 2.23. The molecular weight excluding hydrogens is 404 g/mol. The van der Waals surface area contributed by atoms with Gasteiger partial charge < -0.3 is 20.1 Å². The van der Waals surface area contributed by atoms with Crippen molar-refractivity contribution < 1.29 is 19.1 Å². The topological polar surface area (TPSA) is 76.7 Å². The van der Waals surface area contributed by atoms with Gasteiger partial charge in [-0.2, -0.15) is 0 Å². The predicted molar refractivity (Wildman–Crippen MR) is 131 cm³/mol. The number of ether oxygens (including phenoxy) is 2. The lowest BCUT2D eigenvalue weighted by molar-refractivity contribution is -0.146. The molecule has 0 unspecified atom stereocenters.